The van der Waals surface area contributed by atoms with Crippen LogP contribution in [0, 0.1) is 5.92 Å². The predicted octanol–water partition coefficient (Wildman–Crippen LogP) is 5.41. The molecule has 24 heavy (non-hydrogen) atoms. The lowest BCUT2D eigenvalue weighted by molar-refractivity contribution is -0.132. The van der Waals surface area contributed by atoms with Gasteiger partial charge in [-0.05, 0) is 49.1 Å². The molecule has 2 aromatic carbocycles. The van der Waals surface area contributed by atoms with E-state index in [-0.39, 0.29) is 0 Å². The van der Waals surface area contributed by atoms with Crippen LogP contribution in [-0.4, -0.2) is 11.1 Å². The normalized spacial score (nSPS) is 17.5. The van der Waals surface area contributed by atoms with Crippen LogP contribution < -0.4 is 0 Å². The van der Waals surface area contributed by atoms with Crippen LogP contribution in [0.1, 0.15) is 49.1 Å². The summed E-state index contributed by atoms with van der Waals surface area (Å²) in [5, 5.41) is 9.07. The minimum absolute atomic E-state index is 0.414. The highest BCUT2D eigenvalue weighted by Gasteiger charge is 2.21. The molecule has 0 radical (unpaired) electrons. The first-order valence-electron chi connectivity index (χ1n) is 8.76. The third kappa shape index (κ3) is 4.14. The third-order valence-corrected chi connectivity index (χ3v) is 5.06. The highest BCUT2D eigenvalue weighted by atomic mass is 16.4. The molecular formula is C22H24O2. The van der Waals surface area contributed by atoms with Crippen molar-refractivity contribution in [2.75, 3.05) is 0 Å². The summed E-state index contributed by atoms with van der Waals surface area (Å²) in [7, 11) is 0. The van der Waals surface area contributed by atoms with Gasteiger partial charge in [0.05, 0.1) is 0 Å². The van der Waals surface area contributed by atoms with Gasteiger partial charge in [-0.1, -0.05) is 66.7 Å². The lowest BCUT2D eigenvalue weighted by Gasteiger charge is -2.24. The van der Waals surface area contributed by atoms with Crippen LogP contribution in [0.5, 0.6) is 0 Å². The van der Waals surface area contributed by atoms with Crippen molar-refractivity contribution in [1.29, 1.82) is 0 Å². The molecule has 0 fully saturated rings. The number of carbonyl (C=O) groups is 1. The molecule has 0 aliphatic heterocycles. The van der Waals surface area contributed by atoms with Crippen molar-refractivity contribution in [2.24, 2.45) is 5.92 Å². The van der Waals surface area contributed by atoms with Gasteiger partial charge in [0, 0.05) is 11.5 Å². The second-order valence-electron chi connectivity index (χ2n) is 6.63. The molecule has 1 aliphatic rings. The Hall–Kier alpha value is -2.35. The molecule has 124 valence electrons. The average Bonchev–Trinajstić information content (AvgIpc) is 2.64. The van der Waals surface area contributed by atoms with E-state index in [4.69, 9.17) is 5.11 Å². The van der Waals surface area contributed by atoms with Crippen LogP contribution in [0.25, 0.3) is 0 Å². The Balaban J connectivity index is 1.69. The minimum Gasteiger partial charge on any atom is -0.478 e. The third-order valence-electron chi connectivity index (χ3n) is 5.06. The summed E-state index contributed by atoms with van der Waals surface area (Å²) >= 11 is 0. The molecule has 0 bridgehead atoms. The Bertz CT molecular complexity index is 649. The van der Waals surface area contributed by atoms with Gasteiger partial charge in [0.15, 0.2) is 0 Å². The van der Waals surface area contributed by atoms with E-state index >= 15 is 0 Å². The van der Waals surface area contributed by atoms with E-state index < -0.39 is 5.97 Å². The Morgan fingerprint density at radius 2 is 1.58 bits per heavy atom. The number of carboxylic acid groups (broad SMARTS) is 1. The SMILES string of the molecule is O=C(O)C1=CCC(CCC(c2ccccc2)c2ccccc2)CC1. The van der Waals surface area contributed by atoms with E-state index in [9.17, 15) is 4.79 Å². The van der Waals surface area contributed by atoms with Crippen LogP contribution >= 0.6 is 0 Å². The molecule has 1 aliphatic carbocycles. The van der Waals surface area contributed by atoms with Crippen molar-refractivity contribution < 1.29 is 9.90 Å². The summed E-state index contributed by atoms with van der Waals surface area (Å²) in [6, 6.07) is 21.4. The number of hydrogen-bond acceptors (Lipinski definition) is 1. The van der Waals surface area contributed by atoms with Gasteiger partial charge < -0.3 is 5.11 Å². The Labute approximate surface area is 143 Å². The number of rotatable bonds is 6. The number of benzene rings is 2. The number of aliphatic carboxylic acids is 1. The van der Waals surface area contributed by atoms with Crippen molar-refractivity contribution in [3.05, 3.63) is 83.4 Å². The van der Waals surface area contributed by atoms with Crippen LogP contribution in [0.15, 0.2) is 72.3 Å². The molecule has 1 N–H and O–H groups in total. The number of allylic oxidation sites excluding steroid dienone is 1. The van der Waals surface area contributed by atoms with E-state index in [2.05, 4.69) is 60.7 Å². The summed E-state index contributed by atoms with van der Waals surface area (Å²) in [5.74, 6) is 0.264. The number of carboxylic acids is 1. The van der Waals surface area contributed by atoms with Gasteiger partial charge in [-0.25, -0.2) is 4.79 Å². The molecule has 2 aromatic rings. The van der Waals surface area contributed by atoms with Crippen molar-refractivity contribution in [3.63, 3.8) is 0 Å². The zero-order valence-electron chi connectivity index (χ0n) is 13.9. The molecule has 0 amide bonds. The zero-order chi connectivity index (χ0) is 16.8. The predicted molar refractivity (Wildman–Crippen MR) is 97.0 cm³/mol. The van der Waals surface area contributed by atoms with Crippen molar-refractivity contribution >= 4 is 5.97 Å². The highest BCUT2D eigenvalue weighted by Crippen LogP contribution is 2.34. The van der Waals surface area contributed by atoms with Gasteiger partial charge >= 0.3 is 5.97 Å². The Morgan fingerprint density at radius 1 is 1.00 bits per heavy atom. The fourth-order valence-corrected chi connectivity index (χ4v) is 3.64. The molecule has 1 atom stereocenters. The lowest BCUT2D eigenvalue weighted by atomic mass is 9.81. The highest BCUT2D eigenvalue weighted by molar-refractivity contribution is 5.86. The van der Waals surface area contributed by atoms with Gasteiger partial charge in [-0.3, -0.25) is 0 Å². The summed E-state index contributed by atoms with van der Waals surface area (Å²) in [5.41, 5.74) is 3.32. The first-order chi connectivity index (χ1) is 11.7. The van der Waals surface area contributed by atoms with Gasteiger partial charge in [-0.15, -0.1) is 0 Å². The maximum atomic E-state index is 11.0. The summed E-state index contributed by atoms with van der Waals surface area (Å²) in [4.78, 5) is 11.0. The second-order valence-corrected chi connectivity index (χ2v) is 6.63. The summed E-state index contributed by atoms with van der Waals surface area (Å²) in [6.07, 6.45) is 6.77. The first kappa shape index (κ1) is 16.5. The zero-order valence-corrected chi connectivity index (χ0v) is 13.9. The van der Waals surface area contributed by atoms with E-state index in [1.807, 2.05) is 6.08 Å². The first-order valence-corrected chi connectivity index (χ1v) is 8.76. The Kier molecular flexibility index (Phi) is 5.47. The van der Waals surface area contributed by atoms with Gasteiger partial charge in [0.1, 0.15) is 0 Å². The largest absolute Gasteiger partial charge is 0.478 e. The molecule has 1 unspecified atom stereocenters. The smallest absolute Gasteiger partial charge is 0.331 e. The molecular weight excluding hydrogens is 296 g/mol. The molecule has 0 saturated carbocycles. The van der Waals surface area contributed by atoms with Gasteiger partial charge in [0.2, 0.25) is 0 Å². The monoisotopic (exact) mass is 320 g/mol. The van der Waals surface area contributed by atoms with Crippen molar-refractivity contribution in [3.8, 4) is 0 Å². The summed E-state index contributed by atoms with van der Waals surface area (Å²) in [6.45, 7) is 0. The number of hydrogen-bond donors (Lipinski definition) is 1. The molecule has 0 spiro atoms. The standard InChI is InChI=1S/C22H24O2/c23-22(24)20-14-11-17(12-15-20)13-16-21(18-7-3-1-4-8-18)19-9-5-2-6-10-19/h1-10,14,17,21H,11-13,15-16H2,(H,23,24). The van der Waals surface area contributed by atoms with Gasteiger partial charge in [0.25, 0.3) is 0 Å². The topological polar surface area (TPSA) is 37.3 Å². The molecule has 0 saturated heterocycles. The average molecular weight is 320 g/mol. The molecule has 0 heterocycles. The van der Waals surface area contributed by atoms with E-state index in [0.29, 0.717) is 23.8 Å². The van der Waals surface area contributed by atoms with E-state index in [0.717, 1.165) is 25.7 Å². The fraction of sp³-hybridized carbons (Fsp3) is 0.318. The van der Waals surface area contributed by atoms with Crippen molar-refractivity contribution in [2.45, 2.75) is 38.0 Å². The second kappa shape index (κ2) is 7.96. The minimum atomic E-state index is -0.750. The maximum absolute atomic E-state index is 11.0. The lowest BCUT2D eigenvalue weighted by Crippen LogP contribution is -2.12. The van der Waals surface area contributed by atoms with Gasteiger partial charge in [-0.2, -0.15) is 0 Å². The Morgan fingerprint density at radius 3 is 2.04 bits per heavy atom. The van der Waals surface area contributed by atoms with Crippen LogP contribution in [0.2, 0.25) is 0 Å². The maximum Gasteiger partial charge on any atom is 0.331 e. The van der Waals surface area contributed by atoms with E-state index in [1.165, 1.54) is 11.1 Å². The molecule has 0 aromatic heterocycles. The fourth-order valence-electron chi connectivity index (χ4n) is 3.64. The molecule has 3 rings (SSSR count). The molecule has 2 nitrogen and oxygen atoms in total. The van der Waals surface area contributed by atoms with Crippen molar-refractivity contribution in [1.82, 2.24) is 0 Å². The molecule has 2 heteroatoms. The van der Waals surface area contributed by atoms with E-state index in [1.54, 1.807) is 0 Å². The summed E-state index contributed by atoms with van der Waals surface area (Å²) < 4.78 is 0. The van der Waals surface area contributed by atoms with Crippen LogP contribution in [0.3, 0.4) is 0 Å². The van der Waals surface area contributed by atoms with Crippen LogP contribution in [0.4, 0.5) is 0 Å². The van der Waals surface area contributed by atoms with Crippen LogP contribution in [-0.2, 0) is 4.79 Å². The quantitative estimate of drug-likeness (QED) is 0.772.